The third kappa shape index (κ3) is 3.73. The summed E-state index contributed by atoms with van der Waals surface area (Å²) in [6, 6.07) is 5.96. The van der Waals surface area contributed by atoms with E-state index in [1.807, 2.05) is 0 Å². The molecule has 0 spiro atoms. The smallest absolute Gasteiger partial charge is 0.269 e. The first-order chi connectivity index (χ1) is 7.13. The molecular weight excluding hydrogens is 220 g/mol. The normalized spacial score (nSPS) is 12.1. The average molecular weight is 231 g/mol. The third-order valence-electron chi connectivity index (χ3n) is 1.80. The monoisotopic (exact) mass is 230 g/mol. The summed E-state index contributed by atoms with van der Waals surface area (Å²) >= 11 is 5.41. The molecule has 1 aromatic rings. The lowest BCUT2D eigenvalue weighted by Crippen LogP contribution is -2.20. The molecule has 0 aliphatic heterocycles. The molecule has 0 saturated heterocycles. The van der Waals surface area contributed by atoms with Crippen molar-refractivity contribution in [1.29, 1.82) is 0 Å². The lowest BCUT2D eigenvalue weighted by atomic mass is 10.3. The van der Waals surface area contributed by atoms with Crippen molar-refractivity contribution in [3.8, 4) is 0 Å². The van der Waals surface area contributed by atoms with E-state index in [9.17, 15) is 10.1 Å². The Hall–Kier alpha value is -1.33. The zero-order valence-corrected chi connectivity index (χ0v) is 8.65. The lowest BCUT2D eigenvalue weighted by molar-refractivity contribution is -0.384. The molecule has 1 atom stereocenters. The van der Waals surface area contributed by atoms with Crippen LogP contribution in [-0.4, -0.2) is 28.6 Å². The number of non-ortho nitro benzene ring substituents is 1. The van der Waals surface area contributed by atoms with Gasteiger partial charge in [0.2, 0.25) is 0 Å². The molecule has 2 N–H and O–H groups in total. The first kappa shape index (κ1) is 11.7. The minimum atomic E-state index is -0.623. The number of nitro benzene ring substituents is 1. The van der Waals surface area contributed by atoms with Gasteiger partial charge in [0.25, 0.3) is 5.69 Å². The van der Waals surface area contributed by atoms with Crippen LogP contribution in [0.2, 0.25) is 0 Å². The largest absolute Gasteiger partial charge is 0.390 e. The fourth-order valence-corrected chi connectivity index (χ4v) is 1.10. The highest BCUT2D eigenvalue weighted by Crippen LogP contribution is 2.15. The molecule has 0 aromatic heterocycles. The molecular formula is C9H11ClN2O3. The molecule has 0 bridgehead atoms. The number of hydrogen-bond donors (Lipinski definition) is 2. The van der Waals surface area contributed by atoms with Crippen LogP contribution in [0.4, 0.5) is 11.4 Å². The van der Waals surface area contributed by atoms with Gasteiger partial charge in [-0.25, -0.2) is 0 Å². The van der Waals surface area contributed by atoms with Gasteiger partial charge in [0.1, 0.15) is 0 Å². The number of alkyl halides is 1. The number of aliphatic hydroxyl groups excluding tert-OH is 1. The first-order valence-corrected chi connectivity index (χ1v) is 4.89. The van der Waals surface area contributed by atoms with E-state index in [1.165, 1.54) is 12.1 Å². The molecule has 5 nitrogen and oxygen atoms in total. The molecule has 0 amide bonds. The van der Waals surface area contributed by atoms with Crippen molar-refractivity contribution in [1.82, 2.24) is 0 Å². The SMILES string of the molecule is O=[N+]([O-])c1ccc(NCC(O)CCl)cc1. The predicted octanol–water partition coefficient (Wildman–Crippen LogP) is 1.61. The Bertz CT molecular complexity index is 329. The van der Waals surface area contributed by atoms with Gasteiger partial charge >= 0.3 is 0 Å². The molecule has 1 aromatic carbocycles. The Morgan fingerprint density at radius 3 is 2.53 bits per heavy atom. The fraction of sp³-hybridized carbons (Fsp3) is 0.333. The van der Waals surface area contributed by atoms with Gasteiger partial charge in [0.05, 0.1) is 16.9 Å². The summed E-state index contributed by atoms with van der Waals surface area (Å²) in [4.78, 5) is 9.89. The number of aliphatic hydroxyl groups is 1. The molecule has 0 saturated carbocycles. The molecule has 1 rings (SSSR count). The van der Waals surface area contributed by atoms with Crippen LogP contribution in [0.5, 0.6) is 0 Å². The number of halogens is 1. The Kier molecular flexibility index (Phi) is 4.33. The van der Waals surface area contributed by atoms with Crippen molar-refractivity contribution in [2.45, 2.75) is 6.10 Å². The van der Waals surface area contributed by atoms with E-state index in [0.29, 0.717) is 12.2 Å². The van der Waals surface area contributed by atoms with E-state index in [4.69, 9.17) is 16.7 Å². The van der Waals surface area contributed by atoms with E-state index in [2.05, 4.69) is 5.32 Å². The Balaban J connectivity index is 2.53. The lowest BCUT2D eigenvalue weighted by Gasteiger charge is -2.09. The van der Waals surface area contributed by atoms with E-state index in [-0.39, 0.29) is 11.6 Å². The summed E-state index contributed by atoms with van der Waals surface area (Å²) < 4.78 is 0. The van der Waals surface area contributed by atoms with Crippen molar-refractivity contribution < 1.29 is 10.0 Å². The van der Waals surface area contributed by atoms with Crippen molar-refractivity contribution in [2.24, 2.45) is 0 Å². The Morgan fingerprint density at radius 2 is 2.07 bits per heavy atom. The number of nitrogens with zero attached hydrogens (tertiary/aromatic N) is 1. The second-order valence-electron chi connectivity index (χ2n) is 2.99. The quantitative estimate of drug-likeness (QED) is 0.458. The summed E-state index contributed by atoms with van der Waals surface area (Å²) in [6.07, 6.45) is -0.623. The van der Waals surface area contributed by atoms with Crippen LogP contribution in [0.3, 0.4) is 0 Å². The number of rotatable bonds is 5. The summed E-state index contributed by atoms with van der Waals surface area (Å²) in [6.45, 7) is 0.321. The number of anilines is 1. The van der Waals surface area contributed by atoms with Gasteiger partial charge in [-0.15, -0.1) is 11.6 Å². The second-order valence-corrected chi connectivity index (χ2v) is 3.30. The third-order valence-corrected chi connectivity index (χ3v) is 2.15. The van der Waals surface area contributed by atoms with Gasteiger partial charge < -0.3 is 10.4 Å². The van der Waals surface area contributed by atoms with Crippen LogP contribution in [0.15, 0.2) is 24.3 Å². The van der Waals surface area contributed by atoms with Gasteiger partial charge in [-0.05, 0) is 12.1 Å². The minimum absolute atomic E-state index is 0.0402. The summed E-state index contributed by atoms with van der Waals surface area (Å²) in [5.74, 6) is 0.153. The molecule has 15 heavy (non-hydrogen) atoms. The molecule has 82 valence electrons. The van der Waals surface area contributed by atoms with Crippen LogP contribution < -0.4 is 5.32 Å². The van der Waals surface area contributed by atoms with Crippen molar-refractivity contribution in [3.63, 3.8) is 0 Å². The van der Waals surface area contributed by atoms with Crippen molar-refractivity contribution in [2.75, 3.05) is 17.7 Å². The molecule has 0 heterocycles. The Labute approximate surface area is 91.8 Å². The first-order valence-electron chi connectivity index (χ1n) is 4.36. The van der Waals surface area contributed by atoms with Gasteiger partial charge in [-0.1, -0.05) is 0 Å². The highest BCUT2D eigenvalue weighted by molar-refractivity contribution is 6.18. The summed E-state index contributed by atoms with van der Waals surface area (Å²) in [5, 5.41) is 22.4. The molecule has 6 heteroatoms. The van der Waals surface area contributed by atoms with E-state index < -0.39 is 11.0 Å². The van der Waals surface area contributed by atoms with E-state index in [0.717, 1.165) is 0 Å². The van der Waals surface area contributed by atoms with E-state index >= 15 is 0 Å². The summed E-state index contributed by atoms with van der Waals surface area (Å²) in [5.41, 5.74) is 0.753. The van der Waals surface area contributed by atoms with Crippen LogP contribution in [0, 0.1) is 10.1 Å². The number of hydrogen-bond acceptors (Lipinski definition) is 4. The molecule has 1 unspecified atom stereocenters. The fourth-order valence-electron chi connectivity index (χ4n) is 0.991. The predicted molar refractivity (Wildman–Crippen MR) is 58.3 cm³/mol. The molecule has 0 radical (unpaired) electrons. The van der Waals surface area contributed by atoms with Gasteiger partial charge in [-0.2, -0.15) is 0 Å². The zero-order chi connectivity index (χ0) is 11.3. The van der Waals surface area contributed by atoms with Gasteiger partial charge in [0, 0.05) is 24.4 Å². The zero-order valence-electron chi connectivity index (χ0n) is 7.89. The maximum atomic E-state index is 10.4. The highest BCUT2D eigenvalue weighted by Gasteiger charge is 2.05. The maximum Gasteiger partial charge on any atom is 0.269 e. The maximum absolute atomic E-state index is 10.4. The highest BCUT2D eigenvalue weighted by atomic mass is 35.5. The van der Waals surface area contributed by atoms with Crippen LogP contribution in [-0.2, 0) is 0 Å². The molecule has 0 aliphatic carbocycles. The van der Waals surface area contributed by atoms with E-state index in [1.54, 1.807) is 12.1 Å². The van der Waals surface area contributed by atoms with Crippen LogP contribution >= 0.6 is 11.6 Å². The number of nitrogens with one attached hydrogen (secondary N) is 1. The van der Waals surface area contributed by atoms with Crippen molar-refractivity contribution in [3.05, 3.63) is 34.4 Å². The minimum Gasteiger partial charge on any atom is -0.390 e. The number of nitro groups is 1. The average Bonchev–Trinajstić information content (AvgIpc) is 2.26. The molecule has 0 fully saturated rings. The van der Waals surface area contributed by atoms with Crippen LogP contribution in [0.1, 0.15) is 0 Å². The van der Waals surface area contributed by atoms with Gasteiger partial charge in [0.15, 0.2) is 0 Å². The van der Waals surface area contributed by atoms with Gasteiger partial charge in [-0.3, -0.25) is 10.1 Å². The summed E-state index contributed by atoms with van der Waals surface area (Å²) in [7, 11) is 0. The number of benzene rings is 1. The molecule has 0 aliphatic rings. The topological polar surface area (TPSA) is 75.4 Å². The van der Waals surface area contributed by atoms with Crippen LogP contribution in [0.25, 0.3) is 0 Å². The van der Waals surface area contributed by atoms with Crippen molar-refractivity contribution >= 4 is 23.0 Å². The second kappa shape index (κ2) is 5.53. The Morgan fingerprint density at radius 1 is 1.47 bits per heavy atom. The standard InChI is InChI=1S/C9H11ClN2O3/c10-5-9(13)6-11-7-1-3-8(4-2-7)12(14)15/h1-4,9,11,13H,5-6H2.